The number of aromatic nitrogens is 2. The van der Waals surface area contributed by atoms with Gasteiger partial charge in [-0.1, -0.05) is 0 Å². The van der Waals surface area contributed by atoms with Crippen LogP contribution in [0.1, 0.15) is 36.5 Å². The number of carbonyl (C=O) groups is 2. The minimum atomic E-state index is -0.295. The van der Waals surface area contributed by atoms with Crippen LogP contribution in [0.25, 0.3) is 11.3 Å². The molecule has 166 valence electrons. The summed E-state index contributed by atoms with van der Waals surface area (Å²) in [6.07, 6.45) is 3.63. The third-order valence-corrected chi connectivity index (χ3v) is 5.45. The van der Waals surface area contributed by atoms with Crippen molar-refractivity contribution in [3.05, 3.63) is 30.0 Å². The Balaban J connectivity index is 1.46. The number of likely N-dealkylation sites (tertiary alicyclic amines) is 1. The molecule has 9 heteroatoms. The highest BCUT2D eigenvalue weighted by Crippen LogP contribution is 2.34. The van der Waals surface area contributed by atoms with Crippen molar-refractivity contribution in [2.24, 2.45) is 7.05 Å². The second-order valence-corrected chi connectivity index (χ2v) is 7.71. The van der Waals surface area contributed by atoms with Crippen LogP contribution >= 0.6 is 0 Å². The molecule has 3 heterocycles. The molecule has 0 aliphatic carbocycles. The third kappa shape index (κ3) is 4.76. The zero-order valence-electron chi connectivity index (χ0n) is 17.9. The Kier molecular flexibility index (Phi) is 6.29. The molecule has 0 bridgehead atoms. The summed E-state index contributed by atoms with van der Waals surface area (Å²) in [6.45, 7) is 4.49. The summed E-state index contributed by atoms with van der Waals surface area (Å²) in [5, 5.41) is 7.61. The van der Waals surface area contributed by atoms with E-state index in [1.807, 2.05) is 18.2 Å². The van der Waals surface area contributed by atoms with Crippen molar-refractivity contribution in [2.75, 3.05) is 32.9 Å². The fourth-order valence-corrected chi connectivity index (χ4v) is 3.86. The van der Waals surface area contributed by atoms with Crippen molar-refractivity contribution in [2.45, 2.75) is 32.2 Å². The van der Waals surface area contributed by atoms with E-state index in [9.17, 15) is 9.59 Å². The summed E-state index contributed by atoms with van der Waals surface area (Å²) in [7, 11) is 1.79. The second kappa shape index (κ2) is 9.28. The Bertz CT molecular complexity index is 949. The zero-order chi connectivity index (χ0) is 21.8. The van der Waals surface area contributed by atoms with E-state index in [1.165, 1.54) is 0 Å². The topological polar surface area (TPSA) is 94.9 Å². The van der Waals surface area contributed by atoms with Crippen LogP contribution in [-0.2, 0) is 11.8 Å². The van der Waals surface area contributed by atoms with Gasteiger partial charge in [-0.05, 0) is 38.0 Å². The lowest BCUT2D eigenvalue weighted by atomic mass is 10.0. The maximum absolute atomic E-state index is 13.1. The van der Waals surface area contributed by atoms with Crippen LogP contribution < -0.4 is 14.8 Å². The van der Waals surface area contributed by atoms with Gasteiger partial charge in [-0.25, -0.2) is 4.79 Å². The first kappa shape index (κ1) is 21.0. The quantitative estimate of drug-likeness (QED) is 0.804. The number of hydrogen-bond donors (Lipinski definition) is 1. The normalized spacial score (nSPS) is 16.5. The molecule has 0 atom stereocenters. The van der Waals surface area contributed by atoms with E-state index >= 15 is 0 Å². The molecule has 1 saturated heterocycles. The predicted molar refractivity (Wildman–Crippen MR) is 113 cm³/mol. The monoisotopic (exact) mass is 428 g/mol. The summed E-state index contributed by atoms with van der Waals surface area (Å²) in [6, 6.07) is 5.62. The number of hydrogen-bond acceptors (Lipinski definition) is 6. The number of nitrogens with one attached hydrogen (secondary N) is 1. The van der Waals surface area contributed by atoms with Crippen LogP contribution in [0.3, 0.4) is 0 Å². The van der Waals surface area contributed by atoms with E-state index in [-0.39, 0.29) is 18.0 Å². The van der Waals surface area contributed by atoms with Crippen molar-refractivity contribution in [1.29, 1.82) is 0 Å². The molecule has 4 rings (SSSR count). The van der Waals surface area contributed by atoms with Gasteiger partial charge < -0.3 is 24.4 Å². The van der Waals surface area contributed by atoms with E-state index in [2.05, 4.69) is 10.4 Å². The van der Waals surface area contributed by atoms with Crippen molar-refractivity contribution in [3.8, 4) is 22.8 Å². The van der Waals surface area contributed by atoms with Gasteiger partial charge in [-0.3, -0.25) is 9.48 Å². The van der Waals surface area contributed by atoms with Crippen LogP contribution in [0.15, 0.2) is 24.4 Å². The smallest absolute Gasteiger partial charge is 0.409 e. The average Bonchev–Trinajstić information content (AvgIpc) is 3.01. The van der Waals surface area contributed by atoms with Crippen molar-refractivity contribution in [3.63, 3.8) is 0 Å². The fourth-order valence-electron chi connectivity index (χ4n) is 3.86. The number of rotatable bonds is 4. The van der Waals surface area contributed by atoms with Gasteiger partial charge in [0.15, 0.2) is 11.5 Å². The molecule has 0 saturated carbocycles. The van der Waals surface area contributed by atoms with Crippen molar-refractivity contribution in [1.82, 2.24) is 20.0 Å². The first-order chi connectivity index (χ1) is 15.0. The molecule has 2 aliphatic rings. The Labute approximate surface area is 181 Å². The van der Waals surface area contributed by atoms with Crippen molar-refractivity contribution >= 4 is 12.0 Å². The van der Waals surface area contributed by atoms with Crippen LogP contribution in [0.4, 0.5) is 4.79 Å². The molecule has 31 heavy (non-hydrogen) atoms. The van der Waals surface area contributed by atoms with Gasteiger partial charge in [0.05, 0.1) is 25.4 Å². The Hall–Kier alpha value is -3.23. The Morgan fingerprint density at radius 3 is 2.68 bits per heavy atom. The molecular weight excluding hydrogens is 400 g/mol. The summed E-state index contributed by atoms with van der Waals surface area (Å²) in [5.74, 6) is 1.19. The van der Waals surface area contributed by atoms with E-state index < -0.39 is 0 Å². The van der Waals surface area contributed by atoms with Gasteiger partial charge in [-0.15, -0.1) is 0 Å². The first-order valence-electron chi connectivity index (χ1n) is 10.7. The maximum Gasteiger partial charge on any atom is 0.409 e. The summed E-state index contributed by atoms with van der Waals surface area (Å²) < 4.78 is 18.2. The minimum Gasteiger partial charge on any atom is -0.490 e. The number of benzene rings is 1. The number of ether oxygens (including phenoxy) is 3. The Morgan fingerprint density at radius 2 is 1.94 bits per heavy atom. The van der Waals surface area contributed by atoms with Gasteiger partial charge in [0.2, 0.25) is 0 Å². The van der Waals surface area contributed by atoms with E-state index in [1.54, 1.807) is 29.7 Å². The third-order valence-electron chi connectivity index (χ3n) is 5.45. The molecule has 9 nitrogen and oxygen atoms in total. The number of aryl methyl sites for hydroxylation is 1. The fraction of sp³-hybridized carbons (Fsp3) is 0.500. The molecule has 0 radical (unpaired) electrons. The van der Waals surface area contributed by atoms with Gasteiger partial charge in [0.1, 0.15) is 5.69 Å². The largest absolute Gasteiger partial charge is 0.490 e. The highest BCUT2D eigenvalue weighted by Gasteiger charge is 2.26. The number of fused-ring (bicyclic) bond motifs is 1. The Morgan fingerprint density at radius 1 is 1.19 bits per heavy atom. The molecule has 1 N–H and O–H groups in total. The number of nitrogens with zero attached hydrogens (tertiary/aromatic N) is 3. The van der Waals surface area contributed by atoms with Gasteiger partial charge in [-0.2, -0.15) is 5.10 Å². The standard InChI is InChI=1S/C22H28N4O5/c1-3-29-22(28)26-9-7-16(8-10-26)23-21(27)17-14-25(2)24-20(17)15-5-6-18-19(13-15)31-12-4-11-30-18/h5-6,13-14,16H,3-4,7-12H2,1-2H3,(H,23,27). The number of piperidine rings is 1. The molecule has 2 amide bonds. The molecule has 1 aromatic heterocycles. The summed E-state index contributed by atoms with van der Waals surface area (Å²) in [5.41, 5.74) is 1.90. The number of carbonyl (C=O) groups excluding carboxylic acids is 2. The lowest BCUT2D eigenvalue weighted by Gasteiger charge is -2.31. The van der Waals surface area contributed by atoms with Crippen LogP contribution in [-0.4, -0.2) is 65.6 Å². The minimum absolute atomic E-state index is 0.00462. The second-order valence-electron chi connectivity index (χ2n) is 7.71. The van der Waals surface area contributed by atoms with E-state index in [0.29, 0.717) is 68.5 Å². The highest BCUT2D eigenvalue weighted by molar-refractivity contribution is 6.00. The van der Waals surface area contributed by atoms with Gasteiger partial charge >= 0.3 is 6.09 Å². The van der Waals surface area contributed by atoms with Crippen LogP contribution in [0, 0.1) is 0 Å². The van der Waals surface area contributed by atoms with Gasteiger partial charge in [0, 0.05) is 44.4 Å². The van der Waals surface area contributed by atoms with E-state index in [4.69, 9.17) is 14.2 Å². The van der Waals surface area contributed by atoms with Crippen molar-refractivity contribution < 1.29 is 23.8 Å². The van der Waals surface area contributed by atoms with Gasteiger partial charge in [0.25, 0.3) is 5.91 Å². The lowest BCUT2D eigenvalue weighted by molar-refractivity contribution is 0.0860. The van der Waals surface area contributed by atoms with Crippen LogP contribution in [0.2, 0.25) is 0 Å². The molecule has 1 fully saturated rings. The average molecular weight is 428 g/mol. The van der Waals surface area contributed by atoms with Crippen LogP contribution in [0.5, 0.6) is 11.5 Å². The summed E-state index contributed by atoms with van der Waals surface area (Å²) in [4.78, 5) is 26.6. The first-order valence-corrected chi connectivity index (χ1v) is 10.7. The molecule has 1 aromatic carbocycles. The summed E-state index contributed by atoms with van der Waals surface area (Å²) >= 11 is 0. The number of amides is 2. The highest BCUT2D eigenvalue weighted by atomic mass is 16.6. The molecule has 0 spiro atoms. The molecule has 2 aromatic rings. The zero-order valence-corrected chi connectivity index (χ0v) is 17.9. The SMILES string of the molecule is CCOC(=O)N1CCC(NC(=O)c2cn(C)nc2-c2ccc3c(c2)OCCCO3)CC1. The molecule has 2 aliphatic heterocycles. The van der Waals surface area contributed by atoms with E-state index in [0.717, 1.165) is 12.0 Å². The lowest BCUT2D eigenvalue weighted by Crippen LogP contribution is -2.46. The molecule has 0 unspecified atom stereocenters. The maximum atomic E-state index is 13.1. The molecular formula is C22H28N4O5. The predicted octanol–water partition coefficient (Wildman–Crippen LogP) is 2.60.